The number of rotatable bonds is 2. The van der Waals surface area contributed by atoms with Gasteiger partial charge >= 0.3 is 5.97 Å². The fourth-order valence-electron chi connectivity index (χ4n) is 1.71. The van der Waals surface area contributed by atoms with Crippen LogP contribution in [0.1, 0.15) is 10.4 Å². The molecule has 0 saturated heterocycles. The van der Waals surface area contributed by atoms with E-state index in [2.05, 4.69) is 4.74 Å². The normalized spacial score (nSPS) is 10.4. The predicted octanol–water partition coefficient (Wildman–Crippen LogP) is 3.70. The Morgan fingerprint density at radius 3 is 2.05 bits per heavy atom. The zero-order chi connectivity index (χ0) is 14.9. The molecule has 0 radical (unpaired) electrons. The fraction of sp³-hybridized carbons (Fsp3) is 0.0714. The quantitative estimate of drug-likeness (QED) is 0.477. The van der Waals surface area contributed by atoms with Crippen LogP contribution in [-0.4, -0.2) is 13.1 Å². The molecular weight excluding hydrogens is 276 g/mol. The maximum absolute atomic E-state index is 13.9. The Bertz CT molecular complexity index is 660. The summed E-state index contributed by atoms with van der Waals surface area (Å²) in [5.41, 5.74) is -0.373. The van der Waals surface area contributed by atoms with E-state index in [4.69, 9.17) is 0 Å². The Kier molecular flexibility index (Phi) is 3.74. The van der Waals surface area contributed by atoms with Crippen LogP contribution in [0.15, 0.2) is 30.3 Å². The Hall–Kier alpha value is -2.37. The predicted molar refractivity (Wildman–Crippen MR) is 63.0 cm³/mol. The molecule has 0 saturated carbocycles. The SMILES string of the molecule is COC(=O)c1ccc(-c2cc(F)c(F)c(F)c2)c(F)c1. The van der Waals surface area contributed by atoms with Crippen molar-refractivity contribution in [3.63, 3.8) is 0 Å². The first-order valence-electron chi connectivity index (χ1n) is 5.47. The number of halogens is 4. The third-order valence-corrected chi connectivity index (χ3v) is 2.69. The van der Waals surface area contributed by atoms with Gasteiger partial charge in [-0.3, -0.25) is 0 Å². The van der Waals surface area contributed by atoms with Gasteiger partial charge in [-0.2, -0.15) is 0 Å². The monoisotopic (exact) mass is 284 g/mol. The molecule has 0 amide bonds. The average molecular weight is 284 g/mol. The minimum atomic E-state index is -1.62. The smallest absolute Gasteiger partial charge is 0.337 e. The van der Waals surface area contributed by atoms with Crippen molar-refractivity contribution in [3.8, 4) is 11.1 Å². The Balaban J connectivity index is 2.51. The minimum absolute atomic E-state index is 0.0446. The maximum Gasteiger partial charge on any atom is 0.337 e. The summed E-state index contributed by atoms with van der Waals surface area (Å²) < 4.78 is 57.3. The number of hydrogen-bond donors (Lipinski definition) is 0. The number of carbonyl (C=O) groups excluding carboxylic acids is 1. The van der Waals surface area contributed by atoms with Gasteiger partial charge in [0.2, 0.25) is 0 Å². The first-order valence-corrected chi connectivity index (χ1v) is 5.47. The number of esters is 1. The van der Waals surface area contributed by atoms with Gasteiger partial charge in [0.15, 0.2) is 17.5 Å². The summed E-state index contributed by atoms with van der Waals surface area (Å²) in [6, 6.07) is 4.63. The van der Waals surface area contributed by atoms with Gasteiger partial charge in [0.1, 0.15) is 5.82 Å². The van der Waals surface area contributed by atoms with Crippen molar-refractivity contribution in [1.29, 1.82) is 0 Å². The van der Waals surface area contributed by atoms with Crippen molar-refractivity contribution in [2.45, 2.75) is 0 Å². The Morgan fingerprint density at radius 1 is 0.950 bits per heavy atom. The first-order chi connectivity index (χ1) is 9.43. The molecule has 0 spiro atoms. The van der Waals surface area contributed by atoms with Crippen molar-refractivity contribution in [2.75, 3.05) is 7.11 Å². The highest BCUT2D eigenvalue weighted by Gasteiger charge is 2.15. The van der Waals surface area contributed by atoms with Gasteiger partial charge in [-0.05, 0) is 29.8 Å². The van der Waals surface area contributed by atoms with Crippen LogP contribution < -0.4 is 0 Å². The molecule has 0 aliphatic heterocycles. The van der Waals surface area contributed by atoms with Crippen molar-refractivity contribution in [3.05, 3.63) is 59.2 Å². The molecule has 104 valence electrons. The van der Waals surface area contributed by atoms with Gasteiger partial charge in [-0.15, -0.1) is 0 Å². The number of benzene rings is 2. The molecule has 2 rings (SSSR count). The van der Waals surface area contributed by atoms with Gasteiger partial charge in [-0.1, -0.05) is 6.07 Å². The van der Waals surface area contributed by atoms with Crippen LogP contribution in [0.4, 0.5) is 17.6 Å². The molecule has 2 aromatic rings. The van der Waals surface area contributed by atoms with Crippen LogP contribution in [0.5, 0.6) is 0 Å². The molecule has 2 aromatic carbocycles. The second-order valence-electron chi connectivity index (χ2n) is 3.94. The van der Waals surface area contributed by atoms with E-state index < -0.39 is 29.2 Å². The molecule has 0 atom stereocenters. The van der Waals surface area contributed by atoms with Crippen molar-refractivity contribution in [1.82, 2.24) is 0 Å². The highest BCUT2D eigenvalue weighted by atomic mass is 19.2. The molecular formula is C14H8F4O2. The standard InChI is InChI=1S/C14H8F4O2/c1-20-14(19)7-2-3-9(10(15)4-7)8-5-11(16)13(18)12(17)6-8/h2-6H,1H3. The maximum atomic E-state index is 13.9. The number of hydrogen-bond acceptors (Lipinski definition) is 2. The molecule has 0 N–H and O–H groups in total. The second kappa shape index (κ2) is 5.32. The van der Waals surface area contributed by atoms with Gasteiger partial charge in [0.05, 0.1) is 12.7 Å². The number of methoxy groups -OCH3 is 1. The molecule has 0 aliphatic carbocycles. The van der Waals surface area contributed by atoms with Crippen LogP contribution in [0.25, 0.3) is 11.1 Å². The Morgan fingerprint density at radius 2 is 1.55 bits per heavy atom. The third kappa shape index (κ3) is 2.49. The first kappa shape index (κ1) is 14.0. The molecule has 2 nitrogen and oxygen atoms in total. The van der Waals surface area contributed by atoms with E-state index >= 15 is 0 Å². The summed E-state index contributed by atoms with van der Waals surface area (Å²) >= 11 is 0. The van der Waals surface area contributed by atoms with Crippen LogP contribution in [-0.2, 0) is 4.74 Å². The summed E-state index contributed by atoms with van der Waals surface area (Å²) in [5.74, 6) is -6.08. The zero-order valence-corrected chi connectivity index (χ0v) is 10.2. The number of ether oxygens (including phenoxy) is 1. The zero-order valence-electron chi connectivity index (χ0n) is 10.2. The van der Waals surface area contributed by atoms with E-state index in [0.717, 1.165) is 19.2 Å². The van der Waals surface area contributed by atoms with Crippen LogP contribution in [0, 0.1) is 23.3 Å². The summed E-state index contributed by atoms with van der Waals surface area (Å²) in [4.78, 5) is 11.2. The largest absolute Gasteiger partial charge is 0.465 e. The van der Waals surface area contributed by atoms with Crippen LogP contribution in [0.3, 0.4) is 0 Å². The van der Waals surface area contributed by atoms with Crippen LogP contribution >= 0.6 is 0 Å². The molecule has 0 fully saturated rings. The molecule has 0 aliphatic rings. The van der Waals surface area contributed by atoms with Gasteiger partial charge in [0.25, 0.3) is 0 Å². The van der Waals surface area contributed by atoms with E-state index in [-0.39, 0.29) is 16.7 Å². The van der Waals surface area contributed by atoms with E-state index in [1.165, 1.54) is 6.07 Å². The van der Waals surface area contributed by atoms with Crippen molar-refractivity contribution >= 4 is 5.97 Å². The lowest BCUT2D eigenvalue weighted by Crippen LogP contribution is -2.02. The minimum Gasteiger partial charge on any atom is -0.465 e. The van der Waals surface area contributed by atoms with Gasteiger partial charge < -0.3 is 4.74 Å². The Labute approximate surface area is 111 Å². The van der Waals surface area contributed by atoms with Crippen LogP contribution in [0.2, 0.25) is 0 Å². The van der Waals surface area contributed by atoms with E-state index in [1.807, 2.05) is 0 Å². The topological polar surface area (TPSA) is 26.3 Å². The molecule has 0 bridgehead atoms. The highest BCUT2D eigenvalue weighted by Crippen LogP contribution is 2.27. The van der Waals surface area contributed by atoms with Gasteiger partial charge in [-0.25, -0.2) is 22.4 Å². The highest BCUT2D eigenvalue weighted by molar-refractivity contribution is 5.90. The molecule has 0 aromatic heterocycles. The molecule has 0 heterocycles. The van der Waals surface area contributed by atoms with E-state index in [1.54, 1.807) is 0 Å². The second-order valence-corrected chi connectivity index (χ2v) is 3.94. The molecule has 0 unspecified atom stereocenters. The third-order valence-electron chi connectivity index (χ3n) is 2.69. The summed E-state index contributed by atoms with van der Waals surface area (Å²) in [6.07, 6.45) is 0. The molecule has 6 heteroatoms. The lowest BCUT2D eigenvalue weighted by atomic mass is 10.0. The lowest BCUT2D eigenvalue weighted by molar-refractivity contribution is 0.0600. The fourth-order valence-corrected chi connectivity index (χ4v) is 1.71. The molecule has 20 heavy (non-hydrogen) atoms. The summed E-state index contributed by atoms with van der Waals surface area (Å²) in [6.45, 7) is 0. The van der Waals surface area contributed by atoms with E-state index in [9.17, 15) is 22.4 Å². The lowest BCUT2D eigenvalue weighted by Gasteiger charge is -2.07. The number of carbonyl (C=O) groups is 1. The van der Waals surface area contributed by atoms with Crippen molar-refractivity contribution in [2.24, 2.45) is 0 Å². The van der Waals surface area contributed by atoms with E-state index in [0.29, 0.717) is 12.1 Å². The average Bonchev–Trinajstić information content (AvgIpc) is 2.43. The van der Waals surface area contributed by atoms with Gasteiger partial charge in [0, 0.05) is 5.56 Å². The van der Waals surface area contributed by atoms with Crippen molar-refractivity contribution < 1.29 is 27.1 Å². The summed E-state index contributed by atoms with van der Waals surface area (Å²) in [5, 5.41) is 0. The summed E-state index contributed by atoms with van der Waals surface area (Å²) in [7, 11) is 1.14.